The lowest BCUT2D eigenvalue weighted by Crippen LogP contribution is -2.13. The molecule has 0 fully saturated rings. The highest BCUT2D eigenvalue weighted by molar-refractivity contribution is 7.98. The average Bonchev–Trinajstić information content (AvgIpc) is 3.53. The van der Waals surface area contributed by atoms with Gasteiger partial charge in [0.2, 0.25) is 5.13 Å². The standard InChI is InChI=1S/C21H13ClN4O3S2/c22-17-6-2-1-5-16(17)20-25-26-21(31-20)24-19(27)13(11-23)10-14-7-8-18(29-14)30-12-15-4-3-9-28-15/h1-10H,12H2,(H,24,26,27). The number of benzene rings is 1. The van der Waals surface area contributed by atoms with Crippen LogP contribution in [0.15, 0.2) is 74.3 Å². The monoisotopic (exact) mass is 468 g/mol. The molecule has 0 bridgehead atoms. The number of carbonyl (C=O) groups is 1. The smallest absolute Gasteiger partial charge is 0.268 e. The molecule has 0 saturated heterocycles. The Bertz CT molecular complexity index is 1270. The van der Waals surface area contributed by atoms with Gasteiger partial charge in [-0.15, -0.1) is 10.2 Å². The second kappa shape index (κ2) is 9.66. The number of anilines is 1. The van der Waals surface area contributed by atoms with Crippen LogP contribution in [0.4, 0.5) is 5.13 Å². The highest BCUT2D eigenvalue weighted by Gasteiger charge is 2.15. The molecule has 0 saturated carbocycles. The molecule has 31 heavy (non-hydrogen) atoms. The molecule has 4 rings (SSSR count). The number of hydrogen-bond acceptors (Lipinski definition) is 8. The summed E-state index contributed by atoms with van der Waals surface area (Å²) in [5, 5.41) is 22.0. The van der Waals surface area contributed by atoms with Gasteiger partial charge in [-0.05, 0) is 30.3 Å². The molecule has 0 unspecified atom stereocenters. The predicted octanol–water partition coefficient (Wildman–Crippen LogP) is 5.88. The van der Waals surface area contributed by atoms with Crippen LogP contribution in [-0.4, -0.2) is 16.1 Å². The maximum atomic E-state index is 12.5. The van der Waals surface area contributed by atoms with Gasteiger partial charge >= 0.3 is 0 Å². The first-order chi connectivity index (χ1) is 15.1. The normalized spacial score (nSPS) is 11.3. The summed E-state index contributed by atoms with van der Waals surface area (Å²) in [5.41, 5.74) is 0.597. The van der Waals surface area contributed by atoms with Crippen LogP contribution in [0.5, 0.6) is 0 Å². The molecule has 0 atom stereocenters. The minimum atomic E-state index is -0.606. The molecule has 0 spiro atoms. The van der Waals surface area contributed by atoms with E-state index in [1.165, 1.54) is 17.8 Å². The van der Waals surface area contributed by atoms with Crippen molar-refractivity contribution in [2.45, 2.75) is 10.8 Å². The fourth-order valence-corrected chi connectivity index (χ4v) is 4.33. The maximum Gasteiger partial charge on any atom is 0.268 e. The number of carbonyl (C=O) groups excluding carboxylic acids is 1. The van der Waals surface area contributed by atoms with E-state index in [2.05, 4.69) is 15.5 Å². The van der Waals surface area contributed by atoms with E-state index in [1.54, 1.807) is 24.5 Å². The van der Waals surface area contributed by atoms with Crippen molar-refractivity contribution < 1.29 is 13.6 Å². The van der Waals surface area contributed by atoms with Crippen LogP contribution < -0.4 is 5.32 Å². The molecule has 7 nitrogen and oxygen atoms in total. The van der Waals surface area contributed by atoms with Gasteiger partial charge in [-0.2, -0.15) is 5.26 Å². The van der Waals surface area contributed by atoms with Crippen molar-refractivity contribution in [1.29, 1.82) is 5.26 Å². The fourth-order valence-electron chi connectivity index (χ4n) is 2.50. The van der Waals surface area contributed by atoms with E-state index in [0.29, 0.717) is 32.2 Å². The SMILES string of the molecule is N#CC(=Cc1ccc(SCc2ccco2)o1)C(=O)Nc1nnc(-c2ccccc2Cl)s1. The van der Waals surface area contributed by atoms with Gasteiger partial charge in [0.15, 0.2) is 10.1 Å². The van der Waals surface area contributed by atoms with Gasteiger partial charge in [-0.25, -0.2) is 0 Å². The van der Waals surface area contributed by atoms with Crippen molar-refractivity contribution in [3.63, 3.8) is 0 Å². The van der Waals surface area contributed by atoms with E-state index in [1.807, 2.05) is 36.4 Å². The molecule has 3 heterocycles. The highest BCUT2D eigenvalue weighted by Crippen LogP contribution is 2.32. The number of amides is 1. The maximum absolute atomic E-state index is 12.5. The first kappa shape index (κ1) is 20.9. The van der Waals surface area contributed by atoms with Crippen molar-refractivity contribution >= 4 is 51.8 Å². The number of rotatable bonds is 7. The lowest BCUT2D eigenvalue weighted by molar-refractivity contribution is -0.112. The molecule has 1 amide bonds. The topological polar surface area (TPSA) is 105 Å². The molecule has 0 aliphatic heterocycles. The van der Waals surface area contributed by atoms with Crippen molar-refractivity contribution in [1.82, 2.24) is 10.2 Å². The van der Waals surface area contributed by atoms with Crippen LogP contribution >= 0.6 is 34.7 Å². The minimum absolute atomic E-state index is 0.119. The lowest BCUT2D eigenvalue weighted by atomic mass is 10.2. The van der Waals surface area contributed by atoms with Crippen LogP contribution in [0.1, 0.15) is 11.5 Å². The summed E-state index contributed by atoms with van der Waals surface area (Å²) >= 11 is 8.78. The van der Waals surface area contributed by atoms with Gasteiger partial charge < -0.3 is 8.83 Å². The van der Waals surface area contributed by atoms with Crippen LogP contribution in [-0.2, 0) is 10.5 Å². The minimum Gasteiger partial charge on any atom is -0.468 e. The first-order valence-corrected chi connectivity index (χ1v) is 11.1. The lowest BCUT2D eigenvalue weighted by Gasteiger charge is -1.99. The number of hydrogen-bond donors (Lipinski definition) is 1. The Morgan fingerprint density at radius 1 is 1.23 bits per heavy atom. The molecular weight excluding hydrogens is 456 g/mol. The van der Waals surface area contributed by atoms with Gasteiger partial charge in [0.05, 0.1) is 17.0 Å². The van der Waals surface area contributed by atoms with E-state index in [9.17, 15) is 10.1 Å². The largest absolute Gasteiger partial charge is 0.468 e. The molecule has 0 aliphatic rings. The molecule has 4 aromatic rings. The quantitative estimate of drug-likeness (QED) is 0.205. The van der Waals surface area contributed by atoms with Crippen LogP contribution in [0, 0.1) is 11.3 Å². The zero-order chi connectivity index (χ0) is 21.6. The van der Waals surface area contributed by atoms with Gasteiger partial charge in [-0.1, -0.05) is 52.9 Å². The Morgan fingerprint density at radius 2 is 2.10 bits per heavy atom. The molecular formula is C21H13ClN4O3S2. The molecule has 154 valence electrons. The number of nitriles is 1. The number of aromatic nitrogens is 2. The Hall–Kier alpha value is -3.32. The van der Waals surface area contributed by atoms with Crippen molar-refractivity contribution in [3.05, 3.63) is 76.9 Å². The Morgan fingerprint density at radius 3 is 2.87 bits per heavy atom. The summed E-state index contributed by atoms with van der Waals surface area (Å²) in [6.07, 6.45) is 2.99. The molecule has 0 radical (unpaired) electrons. The summed E-state index contributed by atoms with van der Waals surface area (Å²) in [6.45, 7) is 0. The van der Waals surface area contributed by atoms with E-state index in [-0.39, 0.29) is 10.7 Å². The van der Waals surface area contributed by atoms with E-state index >= 15 is 0 Å². The first-order valence-electron chi connectivity index (χ1n) is 8.89. The van der Waals surface area contributed by atoms with Crippen LogP contribution in [0.2, 0.25) is 5.02 Å². The summed E-state index contributed by atoms with van der Waals surface area (Å²) in [4.78, 5) is 12.5. The number of furan rings is 2. The highest BCUT2D eigenvalue weighted by atomic mass is 35.5. The summed E-state index contributed by atoms with van der Waals surface area (Å²) < 4.78 is 10.9. The van der Waals surface area contributed by atoms with E-state index < -0.39 is 5.91 Å². The third-order valence-corrected chi connectivity index (χ3v) is 6.07. The number of thioether (sulfide) groups is 1. The Balaban J connectivity index is 1.42. The summed E-state index contributed by atoms with van der Waals surface area (Å²) in [6, 6.07) is 16.2. The van der Waals surface area contributed by atoms with Crippen molar-refractivity contribution in [3.8, 4) is 16.6 Å². The molecule has 3 aromatic heterocycles. The van der Waals surface area contributed by atoms with E-state index in [4.69, 9.17) is 20.4 Å². The number of nitrogens with zero attached hydrogens (tertiary/aromatic N) is 3. The molecule has 1 N–H and O–H groups in total. The van der Waals surface area contributed by atoms with Crippen LogP contribution in [0.3, 0.4) is 0 Å². The predicted molar refractivity (Wildman–Crippen MR) is 120 cm³/mol. The molecule has 1 aromatic carbocycles. The molecule has 0 aliphatic carbocycles. The van der Waals surface area contributed by atoms with E-state index in [0.717, 1.165) is 17.1 Å². The Labute approximate surface area is 190 Å². The summed E-state index contributed by atoms with van der Waals surface area (Å²) in [7, 11) is 0. The second-order valence-electron chi connectivity index (χ2n) is 6.04. The number of nitrogens with one attached hydrogen (secondary N) is 1. The number of halogens is 1. The van der Waals surface area contributed by atoms with Crippen molar-refractivity contribution in [2.24, 2.45) is 0 Å². The third kappa shape index (κ3) is 5.24. The van der Waals surface area contributed by atoms with Gasteiger partial charge in [0, 0.05) is 11.6 Å². The molecule has 10 heteroatoms. The van der Waals surface area contributed by atoms with Gasteiger partial charge in [-0.3, -0.25) is 10.1 Å². The average molecular weight is 469 g/mol. The zero-order valence-corrected chi connectivity index (χ0v) is 18.1. The zero-order valence-electron chi connectivity index (χ0n) is 15.7. The fraction of sp³-hybridized carbons (Fsp3) is 0.0476. The third-order valence-electron chi connectivity index (χ3n) is 3.94. The van der Waals surface area contributed by atoms with Gasteiger partial charge in [0.1, 0.15) is 23.2 Å². The van der Waals surface area contributed by atoms with Crippen molar-refractivity contribution in [2.75, 3.05) is 5.32 Å². The Kier molecular flexibility index (Phi) is 6.52. The summed E-state index contributed by atoms with van der Waals surface area (Å²) in [5.74, 6) is 1.22. The van der Waals surface area contributed by atoms with Crippen LogP contribution in [0.25, 0.3) is 16.6 Å². The second-order valence-corrected chi connectivity index (χ2v) is 8.41. The van der Waals surface area contributed by atoms with Gasteiger partial charge in [0.25, 0.3) is 5.91 Å².